The second-order valence-corrected chi connectivity index (χ2v) is 7.09. The minimum Gasteiger partial charge on any atom is -0.496 e. The summed E-state index contributed by atoms with van der Waals surface area (Å²) in [5.41, 5.74) is 3.65. The monoisotopic (exact) mass is 362 g/mol. The van der Waals surface area contributed by atoms with Crippen LogP contribution in [-0.4, -0.2) is 33.3 Å². The summed E-state index contributed by atoms with van der Waals surface area (Å²) in [7, 11) is 1.73. The number of rotatable bonds is 6. The van der Waals surface area contributed by atoms with E-state index in [4.69, 9.17) is 4.74 Å². The molecule has 27 heavy (non-hydrogen) atoms. The van der Waals surface area contributed by atoms with E-state index >= 15 is 0 Å². The lowest BCUT2D eigenvalue weighted by Crippen LogP contribution is -2.33. The normalized spacial score (nSPS) is 17.7. The van der Waals surface area contributed by atoms with E-state index < -0.39 is 0 Å². The summed E-state index contributed by atoms with van der Waals surface area (Å²) >= 11 is 0. The summed E-state index contributed by atoms with van der Waals surface area (Å²) in [5, 5.41) is 4.33. The van der Waals surface area contributed by atoms with Crippen LogP contribution in [0.15, 0.2) is 61.1 Å². The van der Waals surface area contributed by atoms with Gasteiger partial charge in [-0.1, -0.05) is 18.6 Å². The lowest BCUT2D eigenvalue weighted by atomic mass is 9.97. The molecule has 1 aliphatic heterocycles. The van der Waals surface area contributed by atoms with Gasteiger partial charge >= 0.3 is 0 Å². The van der Waals surface area contributed by atoms with E-state index in [-0.39, 0.29) is 0 Å². The van der Waals surface area contributed by atoms with E-state index in [0.29, 0.717) is 12.6 Å². The lowest BCUT2D eigenvalue weighted by Gasteiger charge is -2.35. The summed E-state index contributed by atoms with van der Waals surface area (Å²) in [5.74, 6) is 0.911. The van der Waals surface area contributed by atoms with Gasteiger partial charge in [0.05, 0.1) is 25.4 Å². The summed E-state index contributed by atoms with van der Waals surface area (Å²) in [6, 6.07) is 15.1. The summed E-state index contributed by atoms with van der Waals surface area (Å²) in [6.45, 7) is 2.76. The van der Waals surface area contributed by atoms with E-state index in [9.17, 15) is 0 Å². The van der Waals surface area contributed by atoms with Crippen molar-refractivity contribution in [1.29, 1.82) is 0 Å². The Morgan fingerprint density at radius 2 is 2.04 bits per heavy atom. The molecule has 5 nitrogen and oxygen atoms in total. The summed E-state index contributed by atoms with van der Waals surface area (Å²) in [6.07, 6.45) is 9.38. The number of benzene rings is 1. The number of hydrogen-bond donors (Lipinski definition) is 0. The second-order valence-electron chi connectivity index (χ2n) is 7.09. The highest BCUT2D eigenvalue weighted by Crippen LogP contribution is 2.31. The third-order valence-corrected chi connectivity index (χ3v) is 5.26. The quantitative estimate of drug-likeness (QED) is 0.663. The largest absolute Gasteiger partial charge is 0.496 e. The van der Waals surface area contributed by atoms with Crippen molar-refractivity contribution in [3.05, 3.63) is 77.9 Å². The average Bonchev–Trinajstić information content (AvgIpc) is 3.22. The number of piperidine rings is 1. The van der Waals surface area contributed by atoms with Crippen molar-refractivity contribution < 1.29 is 4.74 Å². The van der Waals surface area contributed by atoms with Crippen molar-refractivity contribution in [3.63, 3.8) is 0 Å². The Morgan fingerprint density at radius 1 is 1.07 bits per heavy atom. The van der Waals surface area contributed by atoms with Crippen molar-refractivity contribution in [2.24, 2.45) is 0 Å². The van der Waals surface area contributed by atoms with Crippen LogP contribution in [0.5, 0.6) is 5.75 Å². The fraction of sp³-hybridized carbons (Fsp3) is 0.364. The third kappa shape index (κ3) is 4.19. The first kappa shape index (κ1) is 17.7. The van der Waals surface area contributed by atoms with Crippen LogP contribution in [0.4, 0.5) is 0 Å². The number of aromatic nitrogens is 3. The molecule has 1 aliphatic rings. The summed E-state index contributed by atoms with van der Waals surface area (Å²) in [4.78, 5) is 7.18. The Balaban J connectivity index is 1.55. The van der Waals surface area contributed by atoms with Crippen LogP contribution >= 0.6 is 0 Å². The zero-order chi connectivity index (χ0) is 18.5. The van der Waals surface area contributed by atoms with Crippen LogP contribution in [0.25, 0.3) is 0 Å². The molecule has 0 amide bonds. The number of ether oxygens (including phenoxy) is 1. The van der Waals surface area contributed by atoms with Gasteiger partial charge in [0.25, 0.3) is 0 Å². The van der Waals surface area contributed by atoms with Gasteiger partial charge in [0, 0.05) is 30.7 Å². The molecule has 0 bridgehead atoms. The van der Waals surface area contributed by atoms with Gasteiger partial charge in [0.1, 0.15) is 5.75 Å². The number of nitrogens with zero attached hydrogens (tertiary/aromatic N) is 4. The molecule has 1 saturated heterocycles. The molecule has 1 unspecified atom stereocenters. The molecule has 1 fully saturated rings. The fourth-order valence-electron chi connectivity index (χ4n) is 3.95. The molecule has 0 saturated carbocycles. The van der Waals surface area contributed by atoms with Crippen LogP contribution in [0.2, 0.25) is 0 Å². The third-order valence-electron chi connectivity index (χ3n) is 5.26. The van der Waals surface area contributed by atoms with E-state index in [1.165, 1.54) is 30.5 Å². The Morgan fingerprint density at radius 3 is 2.81 bits per heavy atom. The van der Waals surface area contributed by atoms with Crippen LogP contribution < -0.4 is 4.74 Å². The van der Waals surface area contributed by atoms with Crippen LogP contribution in [0.3, 0.4) is 0 Å². The first-order valence-corrected chi connectivity index (χ1v) is 9.61. The molecule has 3 aromatic rings. The Labute approximate surface area is 160 Å². The van der Waals surface area contributed by atoms with Crippen molar-refractivity contribution in [3.8, 4) is 5.75 Å². The maximum Gasteiger partial charge on any atom is 0.123 e. The van der Waals surface area contributed by atoms with Crippen molar-refractivity contribution in [2.45, 2.75) is 38.4 Å². The predicted octanol–water partition coefficient (Wildman–Crippen LogP) is 4.06. The van der Waals surface area contributed by atoms with Crippen molar-refractivity contribution in [2.75, 3.05) is 13.7 Å². The van der Waals surface area contributed by atoms with Gasteiger partial charge in [-0.25, -0.2) is 0 Å². The zero-order valence-corrected chi connectivity index (χ0v) is 15.8. The minimum absolute atomic E-state index is 0.400. The zero-order valence-electron chi connectivity index (χ0n) is 15.8. The molecule has 5 heteroatoms. The molecule has 3 heterocycles. The number of pyridine rings is 1. The highest BCUT2D eigenvalue weighted by Gasteiger charge is 2.25. The number of hydrogen-bond acceptors (Lipinski definition) is 4. The first-order valence-electron chi connectivity index (χ1n) is 9.61. The Kier molecular flexibility index (Phi) is 5.49. The fourth-order valence-corrected chi connectivity index (χ4v) is 3.95. The van der Waals surface area contributed by atoms with E-state index in [1.54, 1.807) is 7.11 Å². The first-order chi connectivity index (χ1) is 13.3. The average molecular weight is 362 g/mol. The SMILES string of the molecule is COc1ccc(CN2CCCCC2c2ccccn2)cc1Cn1cccn1. The van der Waals surface area contributed by atoms with E-state index in [0.717, 1.165) is 24.4 Å². The Hall–Kier alpha value is -2.66. The van der Waals surface area contributed by atoms with Gasteiger partial charge in [0.2, 0.25) is 0 Å². The van der Waals surface area contributed by atoms with Crippen LogP contribution in [0.1, 0.15) is 42.1 Å². The lowest BCUT2D eigenvalue weighted by molar-refractivity contribution is 0.137. The van der Waals surface area contributed by atoms with Gasteiger partial charge in [-0.05, 0) is 55.3 Å². The van der Waals surface area contributed by atoms with Crippen molar-refractivity contribution >= 4 is 0 Å². The summed E-state index contributed by atoms with van der Waals surface area (Å²) < 4.78 is 7.49. The van der Waals surface area contributed by atoms with E-state index in [2.05, 4.69) is 45.3 Å². The Bertz CT molecular complexity index is 848. The van der Waals surface area contributed by atoms with Crippen LogP contribution in [0, 0.1) is 0 Å². The highest BCUT2D eigenvalue weighted by molar-refractivity contribution is 5.37. The molecule has 0 aliphatic carbocycles. The highest BCUT2D eigenvalue weighted by atomic mass is 16.5. The smallest absolute Gasteiger partial charge is 0.123 e. The van der Waals surface area contributed by atoms with Gasteiger partial charge in [-0.3, -0.25) is 14.6 Å². The minimum atomic E-state index is 0.400. The van der Waals surface area contributed by atoms with Crippen molar-refractivity contribution in [1.82, 2.24) is 19.7 Å². The maximum atomic E-state index is 5.56. The topological polar surface area (TPSA) is 43.2 Å². The number of likely N-dealkylation sites (tertiary alicyclic amines) is 1. The molecule has 4 rings (SSSR count). The van der Waals surface area contributed by atoms with E-state index in [1.807, 2.05) is 35.4 Å². The standard InChI is InChI=1S/C22H26N4O/c1-27-22-10-9-18(15-19(22)17-26-14-6-12-24-26)16-25-13-5-3-8-21(25)20-7-2-4-11-23-20/h2,4,6-7,9-12,14-15,21H,3,5,8,13,16-17H2,1H3. The number of methoxy groups -OCH3 is 1. The molecule has 2 aromatic heterocycles. The molecule has 1 aromatic carbocycles. The van der Waals surface area contributed by atoms with Gasteiger partial charge in [-0.15, -0.1) is 0 Å². The molecular weight excluding hydrogens is 336 g/mol. The van der Waals surface area contributed by atoms with Crippen LogP contribution in [-0.2, 0) is 13.1 Å². The van der Waals surface area contributed by atoms with Gasteiger partial charge < -0.3 is 4.74 Å². The molecule has 0 N–H and O–H groups in total. The molecule has 0 spiro atoms. The molecule has 0 radical (unpaired) electrons. The maximum absolute atomic E-state index is 5.56. The van der Waals surface area contributed by atoms with Gasteiger partial charge in [0.15, 0.2) is 0 Å². The molecule has 140 valence electrons. The van der Waals surface area contributed by atoms with Gasteiger partial charge in [-0.2, -0.15) is 5.10 Å². The second kappa shape index (κ2) is 8.35. The predicted molar refractivity (Wildman–Crippen MR) is 106 cm³/mol. The molecular formula is C22H26N4O. The molecule has 1 atom stereocenters.